The highest BCUT2D eigenvalue weighted by Gasteiger charge is 2.16. The molecule has 0 spiro atoms. The summed E-state index contributed by atoms with van der Waals surface area (Å²) < 4.78 is 5.39. The molecule has 2 aromatic carbocycles. The van der Waals surface area contributed by atoms with Crippen LogP contribution >= 0.6 is 11.6 Å². The van der Waals surface area contributed by atoms with Gasteiger partial charge >= 0.3 is 0 Å². The Morgan fingerprint density at radius 1 is 1.00 bits per heavy atom. The second-order valence-corrected chi connectivity index (χ2v) is 5.01. The van der Waals surface area contributed by atoms with Crippen LogP contribution in [-0.2, 0) is 0 Å². The van der Waals surface area contributed by atoms with E-state index in [2.05, 4.69) is 15.2 Å². The first-order chi connectivity index (χ1) is 10.7. The summed E-state index contributed by atoms with van der Waals surface area (Å²) in [6.07, 6.45) is 0. The molecule has 0 bridgehead atoms. The molecule has 3 rings (SSSR count). The highest BCUT2D eigenvalue weighted by molar-refractivity contribution is 6.31. The number of rotatable bonds is 3. The summed E-state index contributed by atoms with van der Waals surface area (Å²) in [5.74, 6) is 0.756. The van der Waals surface area contributed by atoms with Gasteiger partial charge in [-0.05, 0) is 18.2 Å². The van der Waals surface area contributed by atoms with E-state index in [9.17, 15) is 0 Å². The van der Waals surface area contributed by atoms with E-state index in [4.69, 9.17) is 22.1 Å². The van der Waals surface area contributed by atoms with Gasteiger partial charge in [-0.2, -0.15) is 0 Å². The van der Waals surface area contributed by atoms with Crippen molar-refractivity contribution in [1.29, 1.82) is 0 Å². The summed E-state index contributed by atoms with van der Waals surface area (Å²) in [5.41, 5.74) is 8.51. The molecule has 0 amide bonds. The van der Waals surface area contributed by atoms with Crippen LogP contribution in [0.3, 0.4) is 0 Å². The third kappa shape index (κ3) is 2.71. The number of nitrogens with zero attached hydrogens (tertiary/aromatic N) is 3. The van der Waals surface area contributed by atoms with Crippen molar-refractivity contribution in [3.05, 3.63) is 53.6 Å². The largest absolute Gasteiger partial charge is 0.496 e. The molecule has 2 N–H and O–H groups in total. The minimum absolute atomic E-state index is 0.114. The fourth-order valence-corrected chi connectivity index (χ4v) is 2.35. The quantitative estimate of drug-likeness (QED) is 0.801. The van der Waals surface area contributed by atoms with E-state index in [-0.39, 0.29) is 5.95 Å². The van der Waals surface area contributed by atoms with Gasteiger partial charge in [-0.3, -0.25) is 0 Å². The van der Waals surface area contributed by atoms with Gasteiger partial charge in [-0.1, -0.05) is 41.9 Å². The Bertz CT molecular complexity index is 808. The molecule has 1 heterocycles. The van der Waals surface area contributed by atoms with Crippen LogP contribution in [0.1, 0.15) is 0 Å². The van der Waals surface area contributed by atoms with E-state index in [0.29, 0.717) is 27.7 Å². The molecular weight excluding hydrogens is 300 g/mol. The number of aromatic nitrogens is 3. The number of nitrogens with two attached hydrogens (primary N) is 1. The molecule has 0 saturated carbocycles. The van der Waals surface area contributed by atoms with Gasteiger partial charge in [0.15, 0.2) is 0 Å². The Morgan fingerprint density at radius 3 is 2.50 bits per heavy atom. The van der Waals surface area contributed by atoms with Crippen LogP contribution in [0.15, 0.2) is 48.5 Å². The molecule has 0 atom stereocenters. The molecule has 0 radical (unpaired) electrons. The molecule has 0 fully saturated rings. The minimum atomic E-state index is 0.114. The van der Waals surface area contributed by atoms with Crippen molar-refractivity contribution >= 4 is 17.5 Å². The lowest BCUT2D eigenvalue weighted by Gasteiger charge is -2.11. The average Bonchev–Trinajstić information content (AvgIpc) is 2.55. The molecule has 0 aliphatic carbocycles. The zero-order chi connectivity index (χ0) is 15.5. The normalized spacial score (nSPS) is 10.5. The van der Waals surface area contributed by atoms with Crippen molar-refractivity contribution in [2.24, 2.45) is 0 Å². The van der Waals surface area contributed by atoms with Gasteiger partial charge in [0.05, 0.1) is 7.11 Å². The van der Waals surface area contributed by atoms with Gasteiger partial charge in [0.2, 0.25) is 5.95 Å². The number of methoxy groups -OCH3 is 1. The van der Waals surface area contributed by atoms with E-state index in [1.54, 1.807) is 25.3 Å². The van der Waals surface area contributed by atoms with Crippen molar-refractivity contribution in [1.82, 2.24) is 15.2 Å². The second-order valence-electron chi connectivity index (χ2n) is 4.58. The summed E-state index contributed by atoms with van der Waals surface area (Å²) in [5, 5.41) is 8.64. The standard InChI is InChI=1S/C16H13ClN4O/c1-22-13-8-7-11(17)9-12(13)15-14(19-16(18)21-20-15)10-5-3-2-4-6-10/h2-9H,1H3,(H2,18,19,21). The SMILES string of the molecule is COc1ccc(Cl)cc1-c1nnc(N)nc1-c1ccccc1. The molecule has 0 aliphatic rings. The fraction of sp³-hybridized carbons (Fsp3) is 0.0625. The van der Waals surface area contributed by atoms with Crippen molar-refractivity contribution in [3.63, 3.8) is 0 Å². The van der Waals surface area contributed by atoms with Crippen LogP contribution in [0, 0.1) is 0 Å². The molecule has 3 aromatic rings. The van der Waals surface area contributed by atoms with Crippen LogP contribution in [0.2, 0.25) is 5.02 Å². The van der Waals surface area contributed by atoms with Gasteiger partial charge < -0.3 is 10.5 Å². The minimum Gasteiger partial charge on any atom is -0.496 e. The topological polar surface area (TPSA) is 73.9 Å². The third-order valence-corrected chi connectivity index (χ3v) is 3.40. The van der Waals surface area contributed by atoms with Crippen LogP contribution in [0.4, 0.5) is 5.95 Å². The van der Waals surface area contributed by atoms with E-state index in [1.807, 2.05) is 30.3 Å². The first-order valence-corrected chi connectivity index (χ1v) is 6.96. The van der Waals surface area contributed by atoms with Gasteiger partial charge in [0.25, 0.3) is 0 Å². The maximum atomic E-state index is 6.10. The Labute approximate surface area is 132 Å². The summed E-state index contributed by atoms with van der Waals surface area (Å²) in [7, 11) is 1.59. The summed E-state index contributed by atoms with van der Waals surface area (Å²) in [6, 6.07) is 15.0. The summed E-state index contributed by atoms with van der Waals surface area (Å²) >= 11 is 6.10. The number of nitrogen functional groups attached to an aromatic ring is 1. The maximum Gasteiger partial charge on any atom is 0.240 e. The number of halogens is 1. The van der Waals surface area contributed by atoms with E-state index < -0.39 is 0 Å². The third-order valence-electron chi connectivity index (χ3n) is 3.17. The lowest BCUT2D eigenvalue weighted by Crippen LogP contribution is -2.03. The van der Waals surface area contributed by atoms with Crippen molar-refractivity contribution < 1.29 is 4.74 Å². The number of hydrogen-bond acceptors (Lipinski definition) is 5. The van der Waals surface area contributed by atoms with E-state index in [0.717, 1.165) is 5.56 Å². The Hall–Kier alpha value is -2.66. The molecular formula is C16H13ClN4O. The van der Waals surface area contributed by atoms with Crippen LogP contribution < -0.4 is 10.5 Å². The van der Waals surface area contributed by atoms with Crippen LogP contribution in [0.25, 0.3) is 22.5 Å². The Morgan fingerprint density at radius 2 is 1.77 bits per heavy atom. The zero-order valence-electron chi connectivity index (χ0n) is 11.8. The summed E-state index contributed by atoms with van der Waals surface area (Å²) in [6.45, 7) is 0. The highest BCUT2D eigenvalue weighted by atomic mass is 35.5. The lowest BCUT2D eigenvalue weighted by molar-refractivity contribution is 0.416. The summed E-state index contributed by atoms with van der Waals surface area (Å²) in [4.78, 5) is 4.33. The maximum absolute atomic E-state index is 6.10. The van der Waals surface area contributed by atoms with Crippen molar-refractivity contribution in [2.75, 3.05) is 12.8 Å². The average molecular weight is 313 g/mol. The van der Waals surface area contributed by atoms with Gasteiger partial charge in [0, 0.05) is 16.1 Å². The monoisotopic (exact) mass is 312 g/mol. The number of ether oxygens (including phenoxy) is 1. The fourth-order valence-electron chi connectivity index (χ4n) is 2.18. The highest BCUT2D eigenvalue weighted by Crippen LogP contribution is 2.36. The van der Waals surface area contributed by atoms with Crippen LogP contribution in [-0.4, -0.2) is 22.3 Å². The molecule has 22 heavy (non-hydrogen) atoms. The smallest absolute Gasteiger partial charge is 0.240 e. The van der Waals surface area contributed by atoms with Crippen molar-refractivity contribution in [2.45, 2.75) is 0 Å². The van der Waals surface area contributed by atoms with E-state index >= 15 is 0 Å². The van der Waals surface area contributed by atoms with Gasteiger partial charge in [-0.25, -0.2) is 4.98 Å². The molecule has 1 aromatic heterocycles. The first kappa shape index (κ1) is 14.3. The second kappa shape index (κ2) is 5.99. The van der Waals surface area contributed by atoms with Crippen molar-refractivity contribution in [3.8, 4) is 28.3 Å². The van der Waals surface area contributed by atoms with E-state index in [1.165, 1.54) is 0 Å². The van der Waals surface area contributed by atoms with Crippen LogP contribution in [0.5, 0.6) is 5.75 Å². The predicted molar refractivity (Wildman–Crippen MR) is 86.7 cm³/mol. The van der Waals surface area contributed by atoms with Gasteiger partial charge in [-0.15, -0.1) is 10.2 Å². The van der Waals surface area contributed by atoms with Gasteiger partial charge in [0.1, 0.15) is 17.1 Å². The Balaban J connectivity index is 2.26. The molecule has 110 valence electrons. The Kier molecular flexibility index (Phi) is 3.89. The molecule has 6 heteroatoms. The number of hydrogen-bond donors (Lipinski definition) is 1. The molecule has 0 unspecified atom stereocenters. The predicted octanol–water partition coefficient (Wildman–Crippen LogP) is 3.45. The molecule has 0 saturated heterocycles. The zero-order valence-corrected chi connectivity index (χ0v) is 12.6. The number of anilines is 1. The molecule has 5 nitrogen and oxygen atoms in total. The first-order valence-electron chi connectivity index (χ1n) is 6.58. The number of benzene rings is 2. The molecule has 0 aliphatic heterocycles. The lowest BCUT2D eigenvalue weighted by atomic mass is 10.0.